The maximum absolute atomic E-state index is 11.5. The third-order valence-corrected chi connectivity index (χ3v) is 5.31. The van der Waals surface area contributed by atoms with Gasteiger partial charge in [-0.25, -0.2) is 8.42 Å². The Morgan fingerprint density at radius 2 is 2.05 bits per heavy atom. The molecule has 1 heterocycles. The number of aryl methyl sites for hydroxylation is 2. The van der Waals surface area contributed by atoms with Gasteiger partial charge in [-0.1, -0.05) is 5.16 Å². The first kappa shape index (κ1) is 16.5. The quantitative estimate of drug-likeness (QED) is 0.467. The molecule has 0 spiro atoms. The second kappa shape index (κ2) is 6.09. The molecule has 1 aromatic carbocycles. The van der Waals surface area contributed by atoms with Crippen molar-refractivity contribution >= 4 is 27.3 Å². The van der Waals surface area contributed by atoms with Crippen molar-refractivity contribution in [3.63, 3.8) is 0 Å². The number of thioether (sulfide) groups is 1. The zero-order valence-electron chi connectivity index (χ0n) is 12.2. The highest BCUT2D eigenvalue weighted by molar-refractivity contribution is 7.98. The molecule has 22 heavy (non-hydrogen) atoms. The maximum Gasteiger partial charge on any atom is 0.284 e. The predicted molar refractivity (Wildman–Crippen MR) is 81.7 cm³/mol. The largest absolute Gasteiger partial charge is 0.361 e. The molecule has 2 aromatic rings. The van der Waals surface area contributed by atoms with Crippen molar-refractivity contribution < 1.29 is 17.9 Å². The van der Waals surface area contributed by atoms with E-state index in [9.17, 15) is 18.5 Å². The lowest BCUT2D eigenvalue weighted by Crippen LogP contribution is -2.00. The van der Waals surface area contributed by atoms with Gasteiger partial charge in [0.25, 0.3) is 5.69 Å². The Hall–Kier alpha value is -1.87. The van der Waals surface area contributed by atoms with Crippen LogP contribution in [0, 0.1) is 24.0 Å². The first-order chi connectivity index (χ1) is 10.2. The summed E-state index contributed by atoms with van der Waals surface area (Å²) in [6.07, 6.45) is 1.02. The van der Waals surface area contributed by atoms with Crippen LogP contribution in [-0.4, -0.2) is 24.8 Å². The fourth-order valence-electron chi connectivity index (χ4n) is 1.85. The van der Waals surface area contributed by atoms with Crippen LogP contribution in [0.1, 0.15) is 17.0 Å². The van der Waals surface area contributed by atoms with Crippen molar-refractivity contribution in [3.05, 3.63) is 45.3 Å². The highest BCUT2D eigenvalue weighted by Crippen LogP contribution is 2.34. The fraction of sp³-hybridized carbons (Fsp3) is 0.308. The molecule has 0 saturated heterocycles. The zero-order valence-corrected chi connectivity index (χ0v) is 13.8. The number of hydrogen-bond acceptors (Lipinski definition) is 7. The van der Waals surface area contributed by atoms with E-state index in [0.29, 0.717) is 16.4 Å². The van der Waals surface area contributed by atoms with Gasteiger partial charge in [-0.3, -0.25) is 10.1 Å². The molecule has 0 amide bonds. The Morgan fingerprint density at radius 1 is 1.36 bits per heavy atom. The monoisotopic (exact) mass is 342 g/mol. The van der Waals surface area contributed by atoms with Gasteiger partial charge in [0.1, 0.15) is 5.76 Å². The van der Waals surface area contributed by atoms with E-state index < -0.39 is 14.8 Å². The number of rotatable bonds is 5. The van der Waals surface area contributed by atoms with E-state index in [2.05, 4.69) is 5.16 Å². The molecular formula is C13H14N2O5S2. The average molecular weight is 342 g/mol. The molecule has 1 aromatic heterocycles. The standard InChI is InChI=1S/C13H14N2O5S2/c1-8-11(9(2)20-14-8)7-21-13-5-4-10(22(3,18)19)6-12(13)15(16)17/h4-6H,7H2,1-3H3. The summed E-state index contributed by atoms with van der Waals surface area (Å²) in [7, 11) is -3.49. The molecular weight excluding hydrogens is 328 g/mol. The Morgan fingerprint density at radius 3 is 2.55 bits per heavy atom. The molecule has 0 N–H and O–H groups in total. The normalized spacial score (nSPS) is 11.6. The van der Waals surface area contributed by atoms with Gasteiger partial charge in [0, 0.05) is 23.6 Å². The summed E-state index contributed by atoms with van der Waals surface area (Å²) in [5, 5.41) is 15.0. The highest BCUT2D eigenvalue weighted by Gasteiger charge is 2.20. The van der Waals surface area contributed by atoms with Crippen LogP contribution < -0.4 is 0 Å². The average Bonchev–Trinajstić information content (AvgIpc) is 2.74. The van der Waals surface area contributed by atoms with Crippen LogP contribution in [0.15, 0.2) is 32.5 Å². The molecule has 0 unspecified atom stereocenters. The molecule has 2 rings (SSSR count). The summed E-state index contributed by atoms with van der Waals surface area (Å²) in [5.74, 6) is 1.13. The van der Waals surface area contributed by atoms with Crippen LogP contribution in [0.3, 0.4) is 0 Å². The van der Waals surface area contributed by atoms with Gasteiger partial charge in [0.15, 0.2) is 9.84 Å². The summed E-state index contributed by atoms with van der Waals surface area (Å²) in [4.78, 5) is 10.9. The number of sulfone groups is 1. The van der Waals surface area contributed by atoms with Gasteiger partial charge in [-0.2, -0.15) is 0 Å². The molecule has 0 fully saturated rings. The Balaban J connectivity index is 2.33. The summed E-state index contributed by atoms with van der Waals surface area (Å²) in [6.45, 7) is 3.57. The molecule has 0 aliphatic heterocycles. The van der Waals surface area contributed by atoms with Crippen LogP contribution >= 0.6 is 11.8 Å². The van der Waals surface area contributed by atoms with Crippen LogP contribution in [0.25, 0.3) is 0 Å². The van der Waals surface area contributed by atoms with E-state index in [-0.39, 0.29) is 10.6 Å². The number of hydrogen-bond donors (Lipinski definition) is 0. The highest BCUT2D eigenvalue weighted by atomic mass is 32.2. The maximum atomic E-state index is 11.5. The Kier molecular flexibility index (Phi) is 4.57. The third kappa shape index (κ3) is 3.47. The minimum Gasteiger partial charge on any atom is -0.361 e. The van der Waals surface area contributed by atoms with E-state index in [1.807, 2.05) is 0 Å². The second-order valence-electron chi connectivity index (χ2n) is 4.75. The fourth-order valence-corrected chi connectivity index (χ4v) is 3.65. The topological polar surface area (TPSA) is 103 Å². The van der Waals surface area contributed by atoms with Gasteiger partial charge in [-0.15, -0.1) is 11.8 Å². The lowest BCUT2D eigenvalue weighted by Gasteiger charge is -2.05. The van der Waals surface area contributed by atoms with E-state index >= 15 is 0 Å². The van der Waals surface area contributed by atoms with Crippen molar-refractivity contribution in [1.82, 2.24) is 5.16 Å². The molecule has 0 saturated carbocycles. The van der Waals surface area contributed by atoms with Crippen LogP contribution in [-0.2, 0) is 15.6 Å². The summed E-state index contributed by atoms with van der Waals surface area (Å²) >= 11 is 1.24. The number of benzene rings is 1. The van der Waals surface area contributed by atoms with E-state index in [1.165, 1.54) is 23.9 Å². The van der Waals surface area contributed by atoms with Crippen molar-refractivity contribution in [3.8, 4) is 0 Å². The molecule has 7 nitrogen and oxygen atoms in total. The van der Waals surface area contributed by atoms with Gasteiger partial charge in [-0.05, 0) is 26.0 Å². The lowest BCUT2D eigenvalue weighted by atomic mass is 10.2. The molecule has 0 atom stereocenters. The SMILES string of the molecule is Cc1noc(C)c1CSc1ccc(S(C)(=O)=O)cc1[N+](=O)[O-]. The Labute approximate surface area is 131 Å². The Bertz CT molecular complexity index is 807. The first-order valence-corrected chi connectivity index (χ1v) is 9.11. The van der Waals surface area contributed by atoms with E-state index in [4.69, 9.17) is 4.52 Å². The predicted octanol–water partition coefficient (Wildman–Crippen LogP) is 2.90. The van der Waals surface area contributed by atoms with Crippen LogP contribution in [0.2, 0.25) is 0 Å². The molecule has 0 bridgehead atoms. The van der Waals surface area contributed by atoms with Gasteiger partial charge in [0.05, 0.1) is 20.4 Å². The zero-order chi connectivity index (χ0) is 16.5. The van der Waals surface area contributed by atoms with Crippen molar-refractivity contribution in [1.29, 1.82) is 0 Å². The van der Waals surface area contributed by atoms with Crippen molar-refractivity contribution in [2.24, 2.45) is 0 Å². The summed E-state index contributed by atoms with van der Waals surface area (Å²) in [5.41, 5.74) is 1.39. The van der Waals surface area contributed by atoms with E-state index in [0.717, 1.165) is 23.6 Å². The van der Waals surface area contributed by atoms with Gasteiger partial charge in [0.2, 0.25) is 0 Å². The van der Waals surface area contributed by atoms with Crippen LogP contribution in [0.5, 0.6) is 0 Å². The number of nitro groups is 1. The second-order valence-corrected chi connectivity index (χ2v) is 7.78. The number of nitro benzene ring substituents is 1. The lowest BCUT2D eigenvalue weighted by molar-refractivity contribution is -0.388. The third-order valence-electron chi connectivity index (χ3n) is 3.11. The van der Waals surface area contributed by atoms with Crippen molar-refractivity contribution in [2.75, 3.05) is 6.26 Å². The molecule has 9 heteroatoms. The summed E-state index contributed by atoms with van der Waals surface area (Å²) in [6, 6.07) is 3.92. The molecule has 118 valence electrons. The molecule has 0 radical (unpaired) electrons. The minimum absolute atomic E-state index is 0.0686. The molecule has 0 aliphatic carbocycles. The van der Waals surface area contributed by atoms with Gasteiger partial charge >= 0.3 is 0 Å². The smallest absolute Gasteiger partial charge is 0.284 e. The summed E-state index contributed by atoms with van der Waals surface area (Å²) < 4.78 is 28.1. The van der Waals surface area contributed by atoms with E-state index in [1.54, 1.807) is 13.8 Å². The number of aromatic nitrogens is 1. The van der Waals surface area contributed by atoms with Gasteiger partial charge < -0.3 is 4.52 Å². The van der Waals surface area contributed by atoms with Crippen molar-refractivity contribution in [2.45, 2.75) is 29.4 Å². The van der Waals surface area contributed by atoms with Crippen LogP contribution in [0.4, 0.5) is 5.69 Å². The molecule has 0 aliphatic rings. The minimum atomic E-state index is -3.49. The number of nitrogens with zero attached hydrogens (tertiary/aromatic N) is 2. The first-order valence-electron chi connectivity index (χ1n) is 6.23.